The highest BCUT2D eigenvalue weighted by molar-refractivity contribution is 5.72. The number of hydrogen-bond donors (Lipinski definition) is 1. The minimum atomic E-state index is -2.85. The molecule has 3 aromatic rings. The molecule has 1 fully saturated rings. The van der Waals surface area contributed by atoms with Gasteiger partial charge < -0.3 is 19.7 Å². The molecule has 0 spiro atoms. The number of halogens is 2. The van der Waals surface area contributed by atoms with Gasteiger partial charge in [-0.25, -0.2) is 9.97 Å². The van der Waals surface area contributed by atoms with E-state index in [-0.39, 0.29) is 5.75 Å². The van der Waals surface area contributed by atoms with E-state index in [2.05, 4.69) is 29.9 Å². The van der Waals surface area contributed by atoms with Crippen molar-refractivity contribution in [1.82, 2.24) is 15.0 Å². The average molecular weight is 458 g/mol. The van der Waals surface area contributed by atoms with E-state index in [9.17, 15) is 8.78 Å². The minimum absolute atomic E-state index is 0.102. The lowest BCUT2D eigenvalue weighted by Gasteiger charge is -2.26. The molecule has 0 radical (unpaired) electrons. The van der Waals surface area contributed by atoms with Gasteiger partial charge in [0, 0.05) is 31.0 Å². The molecule has 0 amide bonds. The Balaban J connectivity index is 0.00000149. The Morgan fingerprint density at radius 2 is 1.70 bits per heavy atom. The number of hydrogen-bond acceptors (Lipinski definition) is 7. The minimum Gasteiger partial charge on any atom is -0.480 e. The largest absolute Gasteiger partial charge is 0.480 e. The van der Waals surface area contributed by atoms with E-state index in [0.717, 1.165) is 37.1 Å². The Kier molecular flexibility index (Phi) is 8.74. The number of nitrogens with zero attached hydrogens (tertiary/aromatic N) is 4. The molecule has 33 heavy (non-hydrogen) atoms. The Hall–Kier alpha value is -3.49. The first-order valence-corrected chi connectivity index (χ1v) is 11.1. The van der Waals surface area contributed by atoms with Crippen molar-refractivity contribution in [2.24, 2.45) is 0 Å². The first-order chi connectivity index (χ1) is 16.1. The van der Waals surface area contributed by atoms with Gasteiger partial charge in [-0.05, 0) is 49.1 Å². The lowest BCUT2D eigenvalue weighted by atomic mass is 10.1. The molecular weight excluding hydrogens is 428 g/mol. The van der Waals surface area contributed by atoms with Crippen LogP contribution in [0.25, 0.3) is 11.1 Å². The second-order valence-electron chi connectivity index (χ2n) is 7.10. The molecule has 4 rings (SSSR count). The van der Waals surface area contributed by atoms with E-state index >= 15 is 0 Å². The quantitative estimate of drug-likeness (QED) is 0.473. The van der Waals surface area contributed by atoms with Crippen LogP contribution < -0.4 is 19.7 Å². The van der Waals surface area contributed by atoms with Crippen LogP contribution in [0.5, 0.6) is 11.6 Å². The molecule has 0 saturated carbocycles. The summed E-state index contributed by atoms with van der Waals surface area (Å²) in [5, 5.41) is 3.26. The molecule has 1 aliphatic rings. The zero-order valence-electron chi connectivity index (χ0n) is 19.1. The predicted molar refractivity (Wildman–Crippen MR) is 126 cm³/mol. The van der Waals surface area contributed by atoms with E-state index in [1.54, 1.807) is 37.7 Å². The summed E-state index contributed by atoms with van der Waals surface area (Å²) >= 11 is 0. The molecule has 0 bridgehead atoms. The number of benzene rings is 1. The van der Waals surface area contributed by atoms with E-state index < -0.39 is 6.61 Å². The van der Waals surface area contributed by atoms with Gasteiger partial charge in [0.2, 0.25) is 11.8 Å². The molecule has 176 valence electrons. The summed E-state index contributed by atoms with van der Waals surface area (Å²) in [5.74, 6) is 1.85. The monoisotopic (exact) mass is 457 g/mol. The van der Waals surface area contributed by atoms with Crippen molar-refractivity contribution in [3.63, 3.8) is 0 Å². The summed E-state index contributed by atoms with van der Waals surface area (Å²) in [6.07, 6.45) is 6.90. The zero-order chi connectivity index (χ0) is 23.6. The van der Waals surface area contributed by atoms with Crippen LogP contribution >= 0.6 is 0 Å². The summed E-state index contributed by atoms with van der Waals surface area (Å²) in [6, 6.07) is 10.0. The zero-order valence-corrected chi connectivity index (χ0v) is 19.1. The van der Waals surface area contributed by atoms with Gasteiger partial charge in [0.25, 0.3) is 0 Å². The average Bonchev–Trinajstić information content (AvgIpc) is 2.86. The topological polar surface area (TPSA) is 72.4 Å². The molecule has 0 atom stereocenters. The Bertz CT molecular complexity index is 1010. The number of aromatic nitrogens is 3. The molecule has 9 heteroatoms. The van der Waals surface area contributed by atoms with E-state index in [1.807, 2.05) is 19.9 Å². The van der Waals surface area contributed by atoms with Crippen molar-refractivity contribution in [3.8, 4) is 22.8 Å². The third-order valence-electron chi connectivity index (χ3n) is 5.00. The van der Waals surface area contributed by atoms with E-state index in [1.165, 1.54) is 18.6 Å². The Labute approximate surface area is 192 Å². The number of anilines is 3. The standard InChI is InChI=1S/C22H23F2N5O2.C2H6/c1-30-20-18(27-19-9-10-25-22(28-19)29-11-3-2-4-12-29)13-16(14-26-20)15-5-7-17(8-6-15)31-21(23)24;1-2/h5-10,13-14,21H,2-4,11-12H2,1H3,(H,25,27,28);1-2H3. The van der Waals surface area contributed by atoms with Crippen LogP contribution in [0.3, 0.4) is 0 Å². The molecule has 3 heterocycles. The summed E-state index contributed by atoms with van der Waals surface area (Å²) in [6.45, 7) is 3.05. The fraction of sp³-hybridized carbons (Fsp3) is 0.375. The van der Waals surface area contributed by atoms with Crippen LogP contribution in [0.1, 0.15) is 33.1 Å². The van der Waals surface area contributed by atoms with Gasteiger partial charge in [-0.15, -0.1) is 0 Å². The lowest BCUT2D eigenvalue weighted by Crippen LogP contribution is -2.31. The normalized spacial score (nSPS) is 13.2. The van der Waals surface area contributed by atoms with Gasteiger partial charge in [0.15, 0.2) is 0 Å². The summed E-state index contributed by atoms with van der Waals surface area (Å²) < 4.78 is 34.5. The van der Waals surface area contributed by atoms with Crippen molar-refractivity contribution in [2.45, 2.75) is 39.7 Å². The van der Waals surface area contributed by atoms with Gasteiger partial charge in [-0.1, -0.05) is 26.0 Å². The maximum atomic E-state index is 12.4. The third kappa shape index (κ3) is 6.50. The van der Waals surface area contributed by atoms with Crippen LogP contribution in [-0.2, 0) is 0 Å². The second kappa shape index (κ2) is 11.9. The van der Waals surface area contributed by atoms with Gasteiger partial charge in [-0.3, -0.25) is 0 Å². The maximum Gasteiger partial charge on any atom is 0.387 e. The smallest absolute Gasteiger partial charge is 0.387 e. The van der Waals surface area contributed by atoms with Crippen LogP contribution in [0, 0.1) is 0 Å². The summed E-state index contributed by atoms with van der Waals surface area (Å²) in [4.78, 5) is 15.6. The SMILES string of the molecule is CC.COc1ncc(-c2ccc(OC(F)F)cc2)cc1Nc1ccnc(N2CCCCC2)n1. The van der Waals surface area contributed by atoms with Crippen LogP contribution in [-0.4, -0.2) is 41.8 Å². The van der Waals surface area contributed by atoms with Crippen molar-refractivity contribution in [3.05, 3.63) is 48.8 Å². The first kappa shape index (κ1) is 24.2. The van der Waals surface area contributed by atoms with Crippen LogP contribution in [0.2, 0.25) is 0 Å². The molecule has 0 unspecified atom stereocenters. The number of rotatable bonds is 7. The number of ether oxygens (including phenoxy) is 2. The number of nitrogens with one attached hydrogen (secondary N) is 1. The number of alkyl halides is 2. The van der Waals surface area contributed by atoms with E-state index in [4.69, 9.17) is 4.74 Å². The van der Waals surface area contributed by atoms with Gasteiger partial charge in [0.1, 0.15) is 17.3 Å². The molecule has 7 nitrogen and oxygen atoms in total. The number of pyridine rings is 1. The predicted octanol–water partition coefficient (Wildman–Crippen LogP) is 5.91. The van der Waals surface area contributed by atoms with E-state index in [0.29, 0.717) is 23.3 Å². The highest BCUT2D eigenvalue weighted by Gasteiger charge is 2.15. The fourth-order valence-corrected chi connectivity index (χ4v) is 3.49. The maximum absolute atomic E-state index is 12.4. The number of methoxy groups -OCH3 is 1. The molecule has 1 aliphatic heterocycles. The summed E-state index contributed by atoms with van der Waals surface area (Å²) in [7, 11) is 1.54. The van der Waals surface area contributed by atoms with Crippen molar-refractivity contribution < 1.29 is 18.3 Å². The summed E-state index contributed by atoms with van der Waals surface area (Å²) in [5.41, 5.74) is 2.23. The van der Waals surface area contributed by atoms with Gasteiger partial charge >= 0.3 is 6.61 Å². The van der Waals surface area contributed by atoms with Crippen LogP contribution in [0.15, 0.2) is 48.8 Å². The molecule has 0 aliphatic carbocycles. The highest BCUT2D eigenvalue weighted by atomic mass is 19.3. The van der Waals surface area contributed by atoms with Gasteiger partial charge in [-0.2, -0.15) is 13.8 Å². The Morgan fingerprint density at radius 1 is 0.970 bits per heavy atom. The second-order valence-corrected chi connectivity index (χ2v) is 7.10. The molecule has 1 N–H and O–H groups in total. The molecular formula is C24H29F2N5O2. The Morgan fingerprint density at radius 3 is 2.36 bits per heavy atom. The fourth-order valence-electron chi connectivity index (χ4n) is 3.49. The van der Waals surface area contributed by atoms with Crippen molar-refractivity contribution >= 4 is 17.5 Å². The van der Waals surface area contributed by atoms with Crippen molar-refractivity contribution in [1.29, 1.82) is 0 Å². The van der Waals surface area contributed by atoms with Crippen molar-refractivity contribution in [2.75, 3.05) is 30.4 Å². The first-order valence-electron chi connectivity index (χ1n) is 11.1. The molecule has 1 saturated heterocycles. The highest BCUT2D eigenvalue weighted by Crippen LogP contribution is 2.31. The molecule has 1 aromatic carbocycles. The molecule has 2 aromatic heterocycles. The number of piperidine rings is 1. The third-order valence-corrected chi connectivity index (χ3v) is 5.00. The lowest BCUT2D eigenvalue weighted by molar-refractivity contribution is -0.0498. The van der Waals surface area contributed by atoms with Gasteiger partial charge in [0.05, 0.1) is 7.11 Å². The van der Waals surface area contributed by atoms with Crippen LogP contribution in [0.4, 0.5) is 26.2 Å².